The molecule has 0 spiro atoms. The highest BCUT2D eigenvalue weighted by atomic mass is 32.2. The third-order valence-electron chi connectivity index (χ3n) is 6.27. The molecule has 1 aromatic heterocycles. The van der Waals surface area contributed by atoms with E-state index in [0.29, 0.717) is 12.2 Å². The third-order valence-corrected chi connectivity index (χ3v) is 8.16. The lowest BCUT2D eigenvalue weighted by atomic mass is 10.2. The van der Waals surface area contributed by atoms with E-state index in [9.17, 15) is 23.3 Å². The highest BCUT2D eigenvalue weighted by molar-refractivity contribution is 7.89. The van der Waals surface area contributed by atoms with Crippen molar-refractivity contribution in [3.63, 3.8) is 0 Å². The van der Waals surface area contributed by atoms with E-state index in [2.05, 4.69) is 10.5 Å². The second-order valence-corrected chi connectivity index (χ2v) is 10.7. The van der Waals surface area contributed by atoms with Gasteiger partial charge in [-0.15, -0.1) is 0 Å². The molecule has 0 aliphatic carbocycles. The molecule has 0 radical (unpaired) electrons. The molecule has 13 heteroatoms. The fraction of sp³-hybridized carbons (Fsp3) is 0.308. The molecule has 0 saturated carbocycles. The van der Waals surface area contributed by atoms with E-state index >= 15 is 0 Å². The van der Waals surface area contributed by atoms with Crippen LogP contribution in [0.1, 0.15) is 34.2 Å². The first-order valence-corrected chi connectivity index (χ1v) is 13.7. The van der Waals surface area contributed by atoms with E-state index in [1.54, 1.807) is 19.1 Å². The molecule has 0 amide bonds. The summed E-state index contributed by atoms with van der Waals surface area (Å²) in [5.74, 6) is -0.385. The average molecular weight is 556 g/mol. The second-order valence-electron chi connectivity index (χ2n) is 8.75. The van der Waals surface area contributed by atoms with Gasteiger partial charge in [0, 0.05) is 41.8 Å². The topological polar surface area (TPSA) is 145 Å². The summed E-state index contributed by atoms with van der Waals surface area (Å²) >= 11 is 0. The Morgan fingerprint density at radius 1 is 1.15 bits per heavy atom. The van der Waals surface area contributed by atoms with Crippen molar-refractivity contribution in [2.24, 2.45) is 5.10 Å². The number of nitro benzene ring substituents is 1. The molecule has 0 bridgehead atoms. The molecular weight excluding hydrogens is 526 g/mol. The number of esters is 1. The number of anilines is 1. The van der Waals surface area contributed by atoms with E-state index in [-0.39, 0.29) is 42.9 Å². The molecule has 1 aliphatic rings. The van der Waals surface area contributed by atoms with Crippen LogP contribution in [0.4, 0.5) is 11.4 Å². The van der Waals surface area contributed by atoms with Crippen LogP contribution in [0.25, 0.3) is 5.69 Å². The number of ether oxygens (including phenoxy) is 2. The number of rotatable bonds is 9. The van der Waals surface area contributed by atoms with Crippen molar-refractivity contribution in [2.45, 2.75) is 25.7 Å². The molecule has 0 unspecified atom stereocenters. The molecule has 3 aromatic rings. The van der Waals surface area contributed by atoms with Gasteiger partial charge in [0.2, 0.25) is 10.0 Å². The summed E-state index contributed by atoms with van der Waals surface area (Å²) < 4.78 is 39.3. The van der Waals surface area contributed by atoms with Gasteiger partial charge in [-0.3, -0.25) is 15.5 Å². The number of carbonyl (C=O) groups is 1. The number of hydrogen-bond acceptors (Lipinski definition) is 9. The number of carbonyl (C=O) groups excluding carboxylic acids is 1. The van der Waals surface area contributed by atoms with Crippen LogP contribution < -0.4 is 5.43 Å². The lowest BCUT2D eigenvalue weighted by Crippen LogP contribution is -2.40. The molecule has 1 fully saturated rings. The number of aryl methyl sites for hydroxylation is 1. The molecule has 1 aliphatic heterocycles. The SMILES string of the molecule is CCOC(=O)c1ccc(-n2c(C)cc(C=NNc3ccc(S(=O)(=O)N4CCOCC4)cc3[N+](=O)[O-])c2C)cc1. The minimum atomic E-state index is -3.89. The van der Waals surface area contributed by atoms with Gasteiger partial charge < -0.3 is 14.0 Å². The van der Waals surface area contributed by atoms with Crippen LogP contribution in [0.5, 0.6) is 0 Å². The van der Waals surface area contributed by atoms with Crippen LogP contribution in [0.3, 0.4) is 0 Å². The van der Waals surface area contributed by atoms with Crippen molar-refractivity contribution >= 4 is 33.6 Å². The van der Waals surface area contributed by atoms with E-state index in [0.717, 1.165) is 28.7 Å². The Kier molecular flexibility index (Phi) is 8.43. The van der Waals surface area contributed by atoms with Crippen molar-refractivity contribution in [2.75, 3.05) is 38.3 Å². The van der Waals surface area contributed by atoms with Gasteiger partial charge in [0.1, 0.15) is 5.69 Å². The van der Waals surface area contributed by atoms with Crippen molar-refractivity contribution in [3.8, 4) is 5.69 Å². The van der Waals surface area contributed by atoms with Crippen molar-refractivity contribution in [1.82, 2.24) is 8.87 Å². The number of morpholine rings is 1. The highest BCUT2D eigenvalue weighted by Crippen LogP contribution is 2.29. The standard InChI is InChI=1S/C26H29N5O7S/c1-4-38-26(32)20-5-7-22(8-6-20)30-18(2)15-21(19(30)3)17-27-28-24-10-9-23(16-25(24)31(33)34)39(35,36)29-11-13-37-14-12-29/h5-10,15-17,28H,4,11-14H2,1-3H3. The summed E-state index contributed by atoms with van der Waals surface area (Å²) in [6.07, 6.45) is 1.54. The Morgan fingerprint density at radius 3 is 2.49 bits per heavy atom. The van der Waals surface area contributed by atoms with Crippen LogP contribution in [0, 0.1) is 24.0 Å². The van der Waals surface area contributed by atoms with Crippen molar-refractivity contribution < 1.29 is 27.6 Å². The number of nitro groups is 1. The van der Waals surface area contributed by atoms with Crippen LogP contribution in [-0.4, -0.2) is 67.3 Å². The smallest absolute Gasteiger partial charge is 0.338 e. The minimum Gasteiger partial charge on any atom is -0.462 e. The lowest BCUT2D eigenvalue weighted by molar-refractivity contribution is -0.384. The van der Waals surface area contributed by atoms with Gasteiger partial charge in [-0.25, -0.2) is 13.2 Å². The Balaban J connectivity index is 1.54. The second kappa shape index (κ2) is 11.8. The van der Waals surface area contributed by atoms with E-state index in [1.165, 1.54) is 22.7 Å². The quantitative estimate of drug-likeness (QED) is 0.182. The largest absolute Gasteiger partial charge is 0.462 e. The maximum absolute atomic E-state index is 12.9. The minimum absolute atomic E-state index is 0.0561. The molecule has 1 saturated heterocycles. The first kappa shape index (κ1) is 28.0. The van der Waals surface area contributed by atoms with E-state index in [4.69, 9.17) is 9.47 Å². The summed E-state index contributed by atoms with van der Waals surface area (Å²) in [4.78, 5) is 22.9. The predicted octanol–water partition coefficient (Wildman–Crippen LogP) is 3.65. The first-order chi connectivity index (χ1) is 18.6. The van der Waals surface area contributed by atoms with E-state index < -0.39 is 20.6 Å². The Bertz CT molecular complexity index is 1510. The van der Waals surface area contributed by atoms with Crippen LogP contribution in [0.15, 0.2) is 58.5 Å². The van der Waals surface area contributed by atoms with Crippen LogP contribution in [-0.2, 0) is 19.5 Å². The monoisotopic (exact) mass is 555 g/mol. The zero-order valence-corrected chi connectivity index (χ0v) is 22.6. The van der Waals surface area contributed by atoms with Gasteiger partial charge in [0.15, 0.2) is 0 Å². The molecule has 1 N–H and O–H groups in total. The normalized spacial score (nSPS) is 14.4. The molecular formula is C26H29N5O7S. The summed E-state index contributed by atoms with van der Waals surface area (Å²) in [6.45, 7) is 6.80. The fourth-order valence-corrected chi connectivity index (χ4v) is 5.73. The molecule has 39 heavy (non-hydrogen) atoms. The number of hydrazone groups is 1. The number of nitrogens with zero attached hydrogens (tertiary/aromatic N) is 4. The van der Waals surface area contributed by atoms with Gasteiger partial charge in [0.25, 0.3) is 5.69 Å². The van der Waals surface area contributed by atoms with Gasteiger partial charge >= 0.3 is 5.97 Å². The zero-order valence-electron chi connectivity index (χ0n) is 21.8. The third kappa shape index (κ3) is 6.00. The van der Waals surface area contributed by atoms with Gasteiger partial charge in [-0.2, -0.15) is 9.41 Å². The Morgan fingerprint density at radius 2 is 1.85 bits per heavy atom. The summed E-state index contributed by atoms with van der Waals surface area (Å²) in [5, 5.41) is 15.9. The molecule has 0 atom stereocenters. The number of hydrogen-bond donors (Lipinski definition) is 1. The number of benzene rings is 2. The number of aromatic nitrogens is 1. The number of sulfonamides is 1. The maximum atomic E-state index is 12.9. The van der Waals surface area contributed by atoms with Crippen molar-refractivity contribution in [1.29, 1.82) is 0 Å². The molecule has 2 heterocycles. The maximum Gasteiger partial charge on any atom is 0.338 e. The van der Waals surface area contributed by atoms with Gasteiger partial charge in [-0.1, -0.05) is 0 Å². The highest BCUT2D eigenvalue weighted by Gasteiger charge is 2.29. The summed E-state index contributed by atoms with van der Waals surface area (Å²) in [7, 11) is -3.89. The fourth-order valence-electron chi connectivity index (χ4n) is 4.30. The molecule has 2 aromatic carbocycles. The van der Waals surface area contributed by atoms with Gasteiger partial charge in [-0.05, 0) is 63.2 Å². The molecule has 12 nitrogen and oxygen atoms in total. The van der Waals surface area contributed by atoms with Crippen molar-refractivity contribution in [3.05, 3.63) is 81.2 Å². The summed E-state index contributed by atoms with van der Waals surface area (Å²) in [5.41, 5.74) is 6.17. The predicted molar refractivity (Wildman–Crippen MR) is 145 cm³/mol. The lowest BCUT2D eigenvalue weighted by Gasteiger charge is -2.26. The Hall–Kier alpha value is -4.07. The Labute approximate surface area is 226 Å². The average Bonchev–Trinajstić information content (AvgIpc) is 3.21. The van der Waals surface area contributed by atoms with Crippen LogP contribution in [0.2, 0.25) is 0 Å². The zero-order chi connectivity index (χ0) is 28.2. The first-order valence-electron chi connectivity index (χ1n) is 12.3. The molecule has 206 valence electrons. The molecule has 4 rings (SSSR count). The number of nitrogens with one attached hydrogen (secondary N) is 1. The van der Waals surface area contributed by atoms with E-state index in [1.807, 2.05) is 36.6 Å². The van der Waals surface area contributed by atoms with Crippen LogP contribution >= 0.6 is 0 Å². The summed E-state index contributed by atoms with van der Waals surface area (Å²) in [6, 6.07) is 12.6. The van der Waals surface area contributed by atoms with Gasteiger partial charge in [0.05, 0.1) is 41.4 Å².